The molecule has 0 aliphatic carbocycles. The van der Waals surface area contributed by atoms with E-state index in [9.17, 15) is 13.6 Å². The first-order chi connectivity index (χ1) is 6.58. The average molecular weight is 207 g/mol. The smallest absolute Gasteiger partial charge is 0.251 e. The van der Waals surface area contributed by atoms with Crippen molar-refractivity contribution >= 4 is 6.29 Å². The molecule has 0 radical (unpaired) electrons. The zero-order valence-corrected chi connectivity index (χ0v) is 8.21. The Bertz CT molecular complexity index is 193. The highest BCUT2D eigenvalue weighted by Gasteiger charge is 2.36. The lowest BCUT2D eigenvalue weighted by atomic mass is 9.89. The fraction of sp³-hybridized carbons (Fsp3) is 0.889. The third kappa shape index (κ3) is 2.99. The van der Waals surface area contributed by atoms with Crippen LogP contribution in [0.25, 0.3) is 0 Å². The average Bonchev–Trinajstić information content (AvgIpc) is 2.52. The van der Waals surface area contributed by atoms with Crippen LogP contribution >= 0.6 is 0 Å². The lowest BCUT2D eigenvalue weighted by molar-refractivity contribution is -0.117. The number of hydrogen-bond donors (Lipinski definition) is 0. The highest BCUT2D eigenvalue weighted by molar-refractivity contribution is 5.60. The molecule has 0 N–H and O–H groups in total. The summed E-state index contributed by atoms with van der Waals surface area (Å²) in [6.07, 6.45) is -0.891. The molecule has 82 valence electrons. The van der Waals surface area contributed by atoms with Gasteiger partial charge in [0.25, 0.3) is 6.43 Å². The monoisotopic (exact) mass is 207 g/mol. The van der Waals surface area contributed by atoms with Gasteiger partial charge < -0.3 is 9.53 Å². The number of carbonyl (C=O) groups excluding carboxylic acids is 1. The van der Waals surface area contributed by atoms with E-state index in [1.54, 1.807) is 7.05 Å². The Kier molecular flexibility index (Phi) is 3.95. The number of halogens is 2. The summed E-state index contributed by atoms with van der Waals surface area (Å²) < 4.78 is 29.2. The minimum atomic E-state index is -2.36. The van der Waals surface area contributed by atoms with Gasteiger partial charge in [0, 0.05) is 13.2 Å². The van der Waals surface area contributed by atoms with E-state index in [-0.39, 0.29) is 6.54 Å². The highest BCUT2D eigenvalue weighted by atomic mass is 19.3. The molecule has 0 aromatic carbocycles. The summed E-state index contributed by atoms with van der Waals surface area (Å²) in [4.78, 5) is 12.3. The summed E-state index contributed by atoms with van der Waals surface area (Å²) in [6.45, 7) is 0.946. The van der Waals surface area contributed by atoms with Crippen LogP contribution in [0.3, 0.4) is 0 Å². The fourth-order valence-corrected chi connectivity index (χ4v) is 1.72. The van der Waals surface area contributed by atoms with Crippen molar-refractivity contribution < 1.29 is 18.3 Å². The van der Waals surface area contributed by atoms with Crippen molar-refractivity contribution in [2.45, 2.75) is 12.8 Å². The first kappa shape index (κ1) is 11.5. The van der Waals surface area contributed by atoms with Gasteiger partial charge in [-0.3, -0.25) is 4.90 Å². The molecular weight excluding hydrogens is 192 g/mol. The van der Waals surface area contributed by atoms with Gasteiger partial charge in [-0.1, -0.05) is 0 Å². The third-order valence-corrected chi connectivity index (χ3v) is 2.42. The van der Waals surface area contributed by atoms with Crippen molar-refractivity contribution in [3.05, 3.63) is 0 Å². The van der Waals surface area contributed by atoms with Crippen LogP contribution in [0.2, 0.25) is 0 Å². The number of aldehydes is 1. The molecule has 3 nitrogen and oxygen atoms in total. The molecule has 1 aliphatic heterocycles. The van der Waals surface area contributed by atoms with E-state index in [4.69, 9.17) is 4.74 Å². The van der Waals surface area contributed by atoms with Gasteiger partial charge in [0.15, 0.2) is 0 Å². The molecule has 14 heavy (non-hydrogen) atoms. The fourth-order valence-electron chi connectivity index (χ4n) is 1.72. The Labute approximate surface area is 82.0 Å². The summed E-state index contributed by atoms with van der Waals surface area (Å²) in [5.41, 5.74) is -0.566. The Morgan fingerprint density at radius 3 is 2.79 bits per heavy atom. The van der Waals surface area contributed by atoms with Crippen LogP contribution < -0.4 is 0 Å². The standard InChI is InChI=1S/C9H15F2NO2/c1-12(4-8(10)11)5-9(6-13)2-3-14-7-9/h6,8H,2-5,7H2,1H3. The van der Waals surface area contributed by atoms with Gasteiger partial charge in [-0.25, -0.2) is 8.78 Å². The Morgan fingerprint density at radius 2 is 2.36 bits per heavy atom. The van der Waals surface area contributed by atoms with E-state index >= 15 is 0 Å². The summed E-state index contributed by atoms with van der Waals surface area (Å²) in [7, 11) is 1.59. The van der Waals surface area contributed by atoms with E-state index in [2.05, 4.69) is 0 Å². The minimum Gasteiger partial charge on any atom is -0.380 e. The minimum absolute atomic E-state index is 0.296. The summed E-state index contributed by atoms with van der Waals surface area (Å²) in [5, 5.41) is 0. The summed E-state index contributed by atoms with van der Waals surface area (Å²) in [6, 6.07) is 0. The largest absolute Gasteiger partial charge is 0.380 e. The van der Waals surface area contributed by atoms with Crippen LogP contribution in [0.4, 0.5) is 8.78 Å². The second-order valence-corrected chi connectivity index (χ2v) is 3.87. The van der Waals surface area contributed by atoms with Crippen LogP contribution in [-0.2, 0) is 9.53 Å². The van der Waals surface area contributed by atoms with E-state index in [1.807, 2.05) is 0 Å². The quantitative estimate of drug-likeness (QED) is 0.624. The number of ether oxygens (including phenoxy) is 1. The molecule has 1 aliphatic rings. The van der Waals surface area contributed by atoms with Crippen molar-refractivity contribution in [1.29, 1.82) is 0 Å². The number of rotatable bonds is 5. The first-order valence-corrected chi connectivity index (χ1v) is 4.59. The predicted octanol–water partition coefficient (Wildman–Crippen LogP) is 0.789. The first-order valence-electron chi connectivity index (χ1n) is 4.59. The number of carbonyl (C=O) groups is 1. The third-order valence-electron chi connectivity index (χ3n) is 2.42. The van der Waals surface area contributed by atoms with Crippen LogP contribution in [0.15, 0.2) is 0 Å². The van der Waals surface area contributed by atoms with Crippen LogP contribution in [-0.4, -0.2) is 51.0 Å². The second kappa shape index (κ2) is 4.79. The van der Waals surface area contributed by atoms with Gasteiger partial charge in [-0.2, -0.15) is 0 Å². The molecule has 1 unspecified atom stereocenters. The van der Waals surface area contributed by atoms with E-state index < -0.39 is 11.8 Å². The molecule has 1 fully saturated rings. The maximum Gasteiger partial charge on any atom is 0.251 e. The van der Waals surface area contributed by atoms with E-state index in [0.29, 0.717) is 26.2 Å². The highest BCUT2D eigenvalue weighted by Crippen LogP contribution is 2.26. The molecule has 0 aromatic rings. The van der Waals surface area contributed by atoms with Gasteiger partial charge in [0.2, 0.25) is 0 Å². The lowest BCUT2D eigenvalue weighted by Crippen LogP contribution is -2.39. The van der Waals surface area contributed by atoms with Crippen molar-refractivity contribution in [3.8, 4) is 0 Å². The van der Waals surface area contributed by atoms with Crippen molar-refractivity contribution in [3.63, 3.8) is 0 Å². The normalized spacial score (nSPS) is 27.5. The Morgan fingerprint density at radius 1 is 1.64 bits per heavy atom. The number of nitrogens with zero attached hydrogens (tertiary/aromatic N) is 1. The number of hydrogen-bond acceptors (Lipinski definition) is 3. The molecule has 1 atom stereocenters. The maximum atomic E-state index is 12.0. The van der Waals surface area contributed by atoms with Crippen LogP contribution in [0.1, 0.15) is 6.42 Å². The Hall–Kier alpha value is -0.550. The molecule has 0 aromatic heterocycles. The van der Waals surface area contributed by atoms with Crippen molar-refractivity contribution in [1.82, 2.24) is 4.90 Å². The molecule has 0 spiro atoms. The second-order valence-electron chi connectivity index (χ2n) is 3.87. The maximum absolute atomic E-state index is 12.0. The van der Waals surface area contributed by atoms with Gasteiger partial charge in [0.05, 0.1) is 18.6 Å². The van der Waals surface area contributed by atoms with Gasteiger partial charge in [-0.15, -0.1) is 0 Å². The van der Waals surface area contributed by atoms with Crippen LogP contribution in [0.5, 0.6) is 0 Å². The molecule has 1 heterocycles. The molecule has 0 amide bonds. The van der Waals surface area contributed by atoms with Gasteiger partial charge in [0.1, 0.15) is 6.29 Å². The molecule has 5 heteroatoms. The molecule has 0 saturated carbocycles. The molecule has 0 bridgehead atoms. The zero-order valence-electron chi connectivity index (χ0n) is 8.21. The SMILES string of the molecule is CN(CC(F)F)CC1(C=O)CCOC1. The van der Waals surface area contributed by atoms with Gasteiger partial charge >= 0.3 is 0 Å². The summed E-state index contributed by atoms with van der Waals surface area (Å²) >= 11 is 0. The zero-order chi connectivity index (χ0) is 10.6. The van der Waals surface area contributed by atoms with Gasteiger partial charge in [-0.05, 0) is 13.5 Å². The topological polar surface area (TPSA) is 29.5 Å². The summed E-state index contributed by atoms with van der Waals surface area (Å²) in [5.74, 6) is 0. The lowest BCUT2D eigenvalue weighted by Gasteiger charge is -2.26. The van der Waals surface area contributed by atoms with Crippen molar-refractivity contribution in [2.75, 3.05) is 33.4 Å². The van der Waals surface area contributed by atoms with E-state index in [1.165, 1.54) is 4.90 Å². The van der Waals surface area contributed by atoms with Crippen molar-refractivity contribution in [2.24, 2.45) is 5.41 Å². The molecule has 1 rings (SSSR count). The van der Waals surface area contributed by atoms with E-state index in [0.717, 1.165) is 6.29 Å². The molecular formula is C9H15F2NO2. The Balaban J connectivity index is 2.43. The molecule has 1 saturated heterocycles. The van der Waals surface area contributed by atoms with Crippen LogP contribution in [0, 0.1) is 5.41 Å². The number of alkyl halides is 2. The predicted molar refractivity (Wildman–Crippen MR) is 47.4 cm³/mol.